The van der Waals surface area contributed by atoms with Crippen molar-refractivity contribution < 1.29 is 24.0 Å². The lowest BCUT2D eigenvalue weighted by molar-refractivity contribution is -0.384. The van der Waals surface area contributed by atoms with Crippen LogP contribution in [0, 0.1) is 10.1 Å². The number of para-hydroxylation sites is 2. The first-order valence-corrected chi connectivity index (χ1v) is 7.98. The molecule has 0 aliphatic rings. The summed E-state index contributed by atoms with van der Waals surface area (Å²) in [4.78, 5) is 35.0. The molecule has 27 heavy (non-hydrogen) atoms. The van der Waals surface area contributed by atoms with Crippen molar-refractivity contribution in [1.29, 1.82) is 0 Å². The summed E-state index contributed by atoms with van der Waals surface area (Å²) in [6, 6.07) is 10.5. The highest BCUT2D eigenvalue weighted by atomic mass is 16.6. The molecule has 0 heterocycles. The highest BCUT2D eigenvalue weighted by Crippen LogP contribution is 2.25. The third-order valence-electron chi connectivity index (χ3n) is 3.72. The zero-order valence-corrected chi connectivity index (χ0v) is 15.0. The monoisotopic (exact) mass is 373 g/mol. The number of nitro groups is 1. The van der Waals surface area contributed by atoms with Gasteiger partial charge in [0.25, 0.3) is 11.6 Å². The summed E-state index contributed by atoms with van der Waals surface area (Å²) in [5, 5.41) is 16.3. The number of ether oxygens (including phenoxy) is 2. The van der Waals surface area contributed by atoms with Crippen molar-refractivity contribution in [2.24, 2.45) is 0 Å². The van der Waals surface area contributed by atoms with E-state index in [1.54, 1.807) is 31.3 Å². The molecular formula is C18H19N3O6. The number of anilines is 2. The molecule has 142 valence electrons. The standard InChI is InChI=1S/C18H19N3O6/c1-11(17(22)20-15-6-4-5-7-16(15)26-3)27-18(23)13-10-12(21(24)25)8-9-14(13)19-2/h4-11,19H,1-3H3,(H,20,22)/t11-/m1/s1. The number of carbonyl (C=O) groups is 2. The van der Waals surface area contributed by atoms with Crippen LogP contribution in [0.4, 0.5) is 17.1 Å². The molecule has 0 spiro atoms. The second kappa shape index (κ2) is 8.65. The van der Waals surface area contributed by atoms with E-state index in [1.165, 1.54) is 26.2 Å². The minimum atomic E-state index is -1.13. The second-order valence-electron chi connectivity index (χ2n) is 5.47. The number of hydrogen-bond donors (Lipinski definition) is 2. The maximum atomic E-state index is 12.4. The molecule has 9 nitrogen and oxygen atoms in total. The van der Waals surface area contributed by atoms with E-state index in [4.69, 9.17) is 9.47 Å². The van der Waals surface area contributed by atoms with E-state index in [0.29, 0.717) is 17.1 Å². The third-order valence-corrected chi connectivity index (χ3v) is 3.72. The number of methoxy groups -OCH3 is 1. The van der Waals surface area contributed by atoms with Crippen LogP contribution in [0.15, 0.2) is 42.5 Å². The molecule has 2 aromatic carbocycles. The van der Waals surface area contributed by atoms with Crippen LogP contribution in [0.2, 0.25) is 0 Å². The van der Waals surface area contributed by atoms with Gasteiger partial charge in [0.1, 0.15) is 5.75 Å². The van der Waals surface area contributed by atoms with Gasteiger partial charge in [-0.25, -0.2) is 4.79 Å². The van der Waals surface area contributed by atoms with E-state index >= 15 is 0 Å². The summed E-state index contributed by atoms with van der Waals surface area (Å²) in [6.07, 6.45) is -1.13. The first-order chi connectivity index (χ1) is 12.9. The van der Waals surface area contributed by atoms with Crippen LogP contribution in [-0.4, -0.2) is 37.1 Å². The first-order valence-electron chi connectivity index (χ1n) is 7.98. The first kappa shape index (κ1) is 19.7. The lowest BCUT2D eigenvalue weighted by Crippen LogP contribution is -2.30. The van der Waals surface area contributed by atoms with E-state index in [1.807, 2.05) is 0 Å². The number of esters is 1. The molecule has 0 radical (unpaired) electrons. The van der Waals surface area contributed by atoms with Gasteiger partial charge in [-0.15, -0.1) is 0 Å². The van der Waals surface area contributed by atoms with Gasteiger partial charge in [-0.05, 0) is 25.1 Å². The number of hydrogen-bond acceptors (Lipinski definition) is 7. The predicted molar refractivity (Wildman–Crippen MR) is 99.1 cm³/mol. The van der Waals surface area contributed by atoms with Gasteiger partial charge in [0.05, 0.1) is 23.3 Å². The van der Waals surface area contributed by atoms with Gasteiger partial charge < -0.3 is 20.1 Å². The Labute approximate surface area is 155 Å². The lowest BCUT2D eigenvalue weighted by Gasteiger charge is -2.16. The number of non-ortho nitro benzene ring substituents is 1. The Kier molecular flexibility index (Phi) is 6.32. The number of rotatable bonds is 7. The number of nitrogens with zero attached hydrogens (tertiary/aromatic N) is 1. The van der Waals surface area contributed by atoms with Crippen molar-refractivity contribution >= 4 is 28.9 Å². The predicted octanol–water partition coefficient (Wildman–Crippen LogP) is 2.83. The summed E-state index contributed by atoms with van der Waals surface area (Å²) in [7, 11) is 3.03. The van der Waals surface area contributed by atoms with E-state index < -0.39 is 22.9 Å². The average molecular weight is 373 g/mol. The van der Waals surface area contributed by atoms with Crippen LogP contribution in [0.5, 0.6) is 5.75 Å². The van der Waals surface area contributed by atoms with Crippen molar-refractivity contribution in [1.82, 2.24) is 0 Å². The topological polar surface area (TPSA) is 120 Å². The Balaban J connectivity index is 2.14. The molecule has 2 N–H and O–H groups in total. The summed E-state index contributed by atoms with van der Waals surface area (Å²) < 4.78 is 10.3. The molecule has 0 aromatic heterocycles. The van der Waals surface area contributed by atoms with Crippen LogP contribution >= 0.6 is 0 Å². The van der Waals surface area contributed by atoms with E-state index in [2.05, 4.69) is 10.6 Å². The molecule has 2 rings (SSSR count). The zero-order valence-electron chi connectivity index (χ0n) is 15.0. The van der Waals surface area contributed by atoms with Gasteiger partial charge in [-0.3, -0.25) is 14.9 Å². The summed E-state index contributed by atoms with van der Waals surface area (Å²) >= 11 is 0. The maximum Gasteiger partial charge on any atom is 0.341 e. The fraction of sp³-hybridized carbons (Fsp3) is 0.222. The fourth-order valence-corrected chi connectivity index (χ4v) is 2.29. The average Bonchev–Trinajstić information content (AvgIpc) is 2.67. The highest BCUT2D eigenvalue weighted by Gasteiger charge is 2.23. The summed E-state index contributed by atoms with van der Waals surface area (Å²) in [5.74, 6) is -0.962. The third kappa shape index (κ3) is 4.72. The second-order valence-corrected chi connectivity index (χ2v) is 5.47. The van der Waals surface area contributed by atoms with E-state index in [9.17, 15) is 19.7 Å². The van der Waals surface area contributed by atoms with Crippen molar-refractivity contribution in [3.63, 3.8) is 0 Å². The summed E-state index contributed by atoms with van der Waals surface area (Å²) in [5.41, 5.74) is 0.484. The minimum absolute atomic E-state index is 0.0383. The van der Waals surface area contributed by atoms with Gasteiger partial charge in [0.15, 0.2) is 6.10 Å². The molecule has 2 aromatic rings. The molecule has 9 heteroatoms. The Morgan fingerprint density at radius 1 is 1.15 bits per heavy atom. The molecule has 0 saturated carbocycles. The quantitative estimate of drug-likeness (QED) is 0.435. The van der Waals surface area contributed by atoms with Gasteiger partial charge in [0, 0.05) is 24.9 Å². The lowest BCUT2D eigenvalue weighted by atomic mass is 10.1. The van der Waals surface area contributed by atoms with Crippen LogP contribution in [0.25, 0.3) is 0 Å². The molecule has 1 atom stereocenters. The van der Waals surface area contributed by atoms with Gasteiger partial charge in [0.2, 0.25) is 0 Å². The largest absolute Gasteiger partial charge is 0.495 e. The fourth-order valence-electron chi connectivity index (χ4n) is 2.29. The number of nitrogens with one attached hydrogen (secondary N) is 2. The van der Waals surface area contributed by atoms with Crippen LogP contribution in [0.1, 0.15) is 17.3 Å². The van der Waals surface area contributed by atoms with Crippen molar-refractivity contribution in [3.05, 3.63) is 58.1 Å². The number of benzene rings is 2. The molecule has 0 saturated heterocycles. The molecular weight excluding hydrogens is 354 g/mol. The SMILES string of the molecule is CNc1ccc([N+](=O)[O-])cc1C(=O)O[C@H](C)C(=O)Nc1ccccc1OC. The van der Waals surface area contributed by atoms with Gasteiger partial charge in [-0.1, -0.05) is 12.1 Å². The minimum Gasteiger partial charge on any atom is -0.495 e. The van der Waals surface area contributed by atoms with Crippen LogP contribution in [0.3, 0.4) is 0 Å². The number of amides is 1. The maximum absolute atomic E-state index is 12.4. The van der Waals surface area contributed by atoms with Crippen LogP contribution in [-0.2, 0) is 9.53 Å². The zero-order chi connectivity index (χ0) is 20.0. The number of nitro benzene ring substituents is 1. The molecule has 1 amide bonds. The summed E-state index contributed by atoms with van der Waals surface area (Å²) in [6.45, 7) is 1.40. The van der Waals surface area contributed by atoms with Crippen LogP contribution < -0.4 is 15.4 Å². The highest BCUT2D eigenvalue weighted by molar-refractivity contribution is 6.00. The van der Waals surface area contributed by atoms with Crippen molar-refractivity contribution in [2.75, 3.05) is 24.8 Å². The smallest absolute Gasteiger partial charge is 0.341 e. The van der Waals surface area contributed by atoms with E-state index in [-0.39, 0.29) is 11.3 Å². The van der Waals surface area contributed by atoms with Crippen molar-refractivity contribution in [3.8, 4) is 5.75 Å². The Hall–Kier alpha value is -3.62. The van der Waals surface area contributed by atoms with Gasteiger partial charge in [-0.2, -0.15) is 0 Å². The normalized spacial score (nSPS) is 11.2. The molecule has 0 aliphatic carbocycles. The Morgan fingerprint density at radius 2 is 1.85 bits per heavy atom. The van der Waals surface area contributed by atoms with Gasteiger partial charge >= 0.3 is 5.97 Å². The molecule has 0 bridgehead atoms. The molecule has 0 fully saturated rings. The Morgan fingerprint density at radius 3 is 2.48 bits per heavy atom. The van der Waals surface area contributed by atoms with E-state index in [0.717, 1.165) is 6.07 Å². The molecule has 0 unspecified atom stereocenters. The number of carbonyl (C=O) groups excluding carboxylic acids is 2. The molecule has 0 aliphatic heterocycles. The Bertz CT molecular complexity index is 868. The van der Waals surface area contributed by atoms with Crippen molar-refractivity contribution in [2.45, 2.75) is 13.0 Å².